The molecule has 0 N–H and O–H groups in total. The molecule has 0 aromatic heterocycles. The summed E-state index contributed by atoms with van der Waals surface area (Å²) in [5.74, 6) is 36.1. The zero-order valence-electron chi connectivity index (χ0n) is 12.0. The molecule has 0 nitrogen and oxygen atoms in total. The first kappa shape index (κ1) is 18.2. The minimum Gasteiger partial charge on any atom is -0.154 e. The summed E-state index contributed by atoms with van der Waals surface area (Å²) in [4.78, 5) is 0. The minimum absolute atomic E-state index is 0.467. The topological polar surface area (TPSA) is 0 Å². The number of hydrogen-bond donors (Lipinski definition) is 0. The van der Waals surface area contributed by atoms with Gasteiger partial charge in [0.15, 0.2) is 0 Å². The molecule has 0 spiro atoms. The molecule has 0 aliphatic rings. The Bertz CT molecular complexity index is 852. The highest BCUT2D eigenvalue weighted by atomic mass is 13.6. The van der Waals surface area contributed by atoms with Crippen LogP contribution in [-0.2, 0) is 0 Å². The molecule has 0 rings (SSSR count). The van der Waals surface area contributed by atoms with Crippen molar-refractivity contribution in [1.29, 1.82) is 0 Å². The molecule has 92 valence electrons. The molecule has 3 heteroatoms. The Morgan fingerprint density at radius 1 is 0.545 bits per heavy atom. The third-order valence-corrected chi connectivity index (χ3v) is 2.23. The summed E-state index contributed by atoms with van der Waals surface area (Å²) in [5, 5.41) is 0. The van der Waals surface area contributed by atoms with Crippen LogP contribution in [0.25, 0.3) is 0 Å². The number of terminal acetylenes is 4. The molecule has 0 unspecified atom stereocenters. The maximum atomic E-state index is 5.19. The first-order valence-corrected chi connectivity index (χ1v) is 6.01. The van der Waals surface area contributed by atoms with Crippen molar-refractivity contribution in [1.82, 2.24) is 0 Å². The largest absolute Gasteiger partial charge is 0.295 e. The van der Waals surface area contributed by atoms with Crippen molar-refractivity contribution < 1.29 is 0 Å². The molecule has 0 atom stereocenters. The van der Waals surface area contributed by atoms with Gasteiger partial charge in [0.05, 0.1) is 0 Å². The van der Waals surface area contributed by atoms with Gasteiger partial charge in [-0.05, 0) is 54.3 Å². The van der Waals surface area contributed by atoms with E-state index in [1.165, 1.54) is 0 Å². The molecule has 0 saturated carbocycles. The van der Waals surface area contributed by atoms with E-state index in [2.05, 4.69) is 82.4 Å². The Labute approximate surface area is 135 Å². The van der Waals surface area contributed by atoms with Crippen LogP contribution in [0, 0.1) is 108 Å². The van der Waals surface area contributed by atoms with Gasteiger partial charge in [-0.1, -0.05) is 0 Å². The van der Waals surface area contributed by atoms with Crippen LogP contribution in [-0.4, -0.2) is 19.7 Å². The van der Waals surface area contributed by atoms with Gasteiger partial charge in [0.25, 0.3) is 13.2 Å². The first-order chi connectivity index (χ1) is 10.7. The molecular formula is C19H7B3. The summed E-state index contributed by atoms with van der Waals surface area (Å²) in [6, 6.07) is 0. The second kappa shape index (κ2) is 12.3. The SMILES string of the molecule is C#CC#CB(C#CC)B(C#CC#C)B(C#CC#C)C#CC#C. The Morgan fingerprint density at radius 3 is 1.27 bits per heavy atom. The van der Waals surface area contributed by atoms with Crippen molar-refractivity contribution in [3.8, 4) is 108 Å². The Morgan fingerprint density at radius 2 is 0.909 bits per heavy atom. The predicted octanol–water partition coefficient (Wildman–Crippen LogP) is -0.107. The molecule has 0 heterocycles. The lowest BCUT2D eigenvalue weighted by Gasteiger charge is -2.06. The summed E-state index contributed by atoms with van der Waals surface area (Å²) in [7, 11) is 0. The third-order valence-electron chi connectivity index (χ3n) is 2.23. The standard InChI is InChI=1S/C19H7B3/c1-6-11-16-20(15-10-5)22(19-14-9-4)21(17-12-7-2)18-13-8-3/h1-4H,5H3. The van der Waals surface area contributed by atoms with Gasteiger partial charge in [-0.25, -0.2) is 0 Å². The molecule has 0 saturated heterocycles. The highest BCUT2D eigenvalue weighted by Gasteiger charge is 2.35. The van der Waals surface area contributed by atoms with Crippen LogP contribution in [0.5, 0.6) is 0 Å². The van der Waals surface area contributed by atoms with E-state index in [4.69, 9.17) is 25.7 Å². The summed E-state index contributed by atoms with van der Waals surface area (Å²) < 4.78 is 0. The van der Waals surface area contributed by atoms with Crippen LogP contribution in [0.3, 0.4) is 0 Å². The quantitative estimate of drug-likeness (QED) is 0.484. The molecular weight excluding hydrogens is 261 g/mol. The zero-order valence-corrected chi connectivity index (χ0v) is 12.0. The summed E-state index contributed by atoms with van der Waals surface area (Å²) in [6.07, 6.45) is 20.7. The molecule has 0 aromatic rings. The fourth-order valence-electron chi connectivity index (χ4n) is 1.43. The lowest BCUT2D eigenvalue weighted by Crippen LogP contribution is -2.46. The van der Waals surface area contributed by atoms with Crippen LogP contribution in [0.4, 0.5) is 0 Å². The Kier molecular flexibility index (Phi) is 10.2. The molecule has 0 aliphatic heterocycles. The fraction of sp³-hybridized carbons (Fsp3) is 0.0526. The first-order valence-electron chi connectivity index (χ1n) is 6.01. The normalized spacial score (nSPS) is 5.32. The average molecular weight is 268 g/mol. The van der Waals surface area contributed by atoms with Crippen molar-refractivity contribution in [2.75, 3.05) is 0 Å². The van der Waals surface area contributed by atoms with Gasteiger partial charge in [0, 0.05) is 0 Å². The van der Waals surface area contributed by atoms with Gasteiger partial charge >= 0.3 is 0 Å². The highest BCUT2D eigenvalue weighted by Crippen LogP contribution is 1.95. The van der Waals surface area contributed by atoms with E-state index in [0.29, 0.717) is 0 Å². The fourth-order valence-corrected chi connectivity index (χ4v) is 1.43. The second-order valence-electron chi connectivity index (χ2n) is 3.53. The molecule has 0 amide bonds. The van der Waals surface area contributed by atoms with Gasteiger partial charge in [-0.15, -0.1) is 54.9 Å². The van der Waals surface area contributed by atoms with Gasteiger partial charge in [0.1, 0.15) is 0 Å². The van der Waals surface area contributed by atoms with Crippen molar-refractivity contribution in [2.45, 2.75) is 6.92 Å². The van der Waals surface area contributed by atoms with E-state index in [0.717, 1.165) is 0 Å². The highest BCUT2D eigenvalue weighted by molar-refractivity contribution is 7.59. The van der Waals surface area contributed by atoms with Gasteiger partial charge < -0.3 is 0 Å². The molecule has 0 bridgehead atoms. The number of hydrogen-bond acceptors (Lipinski definition) is 0. The molecule has 0 fully saturated rings. The van der Waals surface area contributed by atoms with E-state index in [9.17, 15) is 0 Å². The van der Waals surface area contributed by atoms with Crippen molar-refractivity contribution in [3.63, 3.8) is 0 Å². The predicted molar refractivity (Wildman–Crippen MR) is 97.1 cm³/mol. The smallest absolute Gasteiger partial charge is 0.154 e. The van der Waals surface area contributed by atoms with E-state index in [1.807, 2.05) is 0 Å². The van der Waals surface area contributed by atoms with E-state index < -0.39 is 19.7 Å². The van der Waals surface area contributed by atoms with Crippen molar-refractivity contribution in [2.24, 2.45) is 0 Å². The summed E-state index contributed by atoms with van der Waals surface area (Å²) in [5.41, 5.74) is 0. The molecule has 0 aliphatic carbocycles. The lowest BCUT2D eigenvalue weighted by atomic mass is 8.89. The van der Waals surface area contributed by atoms with Crippen molar-refractivity contribution >= 4 is 19.7 Å². The summed E-state index contributed by atoms with van der Waals surface area (Å²) in [6.45, 7) is 0.217. The molecule has 22 heavy (non-hydrogen) atoms. The maximum Gasteiger partial charge on any atom is 0.295 e. The average Bonchev–Trinajstić information content (AvgIpc) is 2.54. The molecule has 0 radical (unpaired) electrons. The third kappa shape index (κ3) is 6.98. The molecule has 0 aromatic carbocycles. The number of rotatable bonds is 2. The van der Waals surface area contributed by atoms with Crippen LogP contribution in [0.1, 0.15) is 6.92 Å². The maximum absolute atomic E-state index is 5.19. The van der Waals surface area contributed by atoms with Crippen LogP contribution in [0.15, 0.2) is 0 Å². The lowest BCUT2D eigenvalue weighted by molar-refractivity contribution is 1.93. The minimum atomic E-state index is -0.536. The van der Waals surface area contributed by atoms with Crippen LogP contribution >= 0.6 is 0 Å². The van der Waals surface area contributed by atoms with E-state index in [1.54, 1.807) is 6.92 Å². The van der Waals surface area contributed by atoms with E-state index >= 15 is 0 Å². The van der Waals surface area contributed by atoms with Gasteiger partial charge in [-0.2, -0.15) is 5.82 Å². The zero-order chi connectivity index (χ0) is 16.6. The van der Waals surface area contributed by atoms with E-state index in [-0.39, 0.29) is 0 Å². The monoisotopic (exact) mass is 268 g/mol. The van der Waals surface area contributed by atoms with Crippen LogP contribution < -0.4 is 0 Å². The van der Waals surface area contributed by atoms with Gasteiger partial charge in [0.2, 0.25) is 6.49 Å². The Balaban J connectivity index is 6.09. The van der Waals surface area contributed by atoms with Crippen LogP contribution in [0.2, 0.25) is 0 Å². The summed E-state index contributed by atoms with van der Waals surface area (Å²) >= 11 is 0. The van der Waals surface area contributed by atoms with Gasteiger partial charge in [-0.3, -0.25) is 0 Å². The van der Waals surface area contributed by atoms with Crippen molar-refractivity contribution in [3.05, 3.63) is 0 Å². The Hall–Kier alpha value is -3.77. The second-order valence-corrected chi connectivity index (χ2v) is 3.53.